The van der Waals surface area contributed by atoms with Crippen molar-refractivity contribution in [3.05, 3.63) is 97.2 Å². The van der Waals surface area contributed by atoms with Crippen molar-refractivity contribution >= 4 is 13.7 Å². The lowest BCUT2D eigenvalue weighted by Gasteiger charge is -2.23. The summed E-state index contributed by atoms with van der Waals surface area (Å²) in [5.74, 6) is -0.231. The van der Waals surface area contributed by atoms with Crippen molar-refractivity contribution in [3.63, 3.8) is 0 Å². The summed E-state index contributed by atoms with van der Waals surface area (Å²) in [6.07, 6.45) is 66.1. The zero-order chi connectivity index (χ0) is 45.3. The van der Waals surface area contributed by atoms with Gasteiger partial charge < -0.3 is 21.1 Å². The summed E-state index contributed by atoms with van der Waals surface area (Å²) in [7, 11) is -4.37. The number of phosphoric acid groups is 1. The summed E-state index contributed by atoms with van der Waals surface area (Å²) in [6, 6.07) is -0.898. The van der Waals surface area contributed by atoms with Crippen LogP contribution in [0, 0.1) is 0 Å². The Bertz CT molecular complexity index is 1290. The molecular formula is C53H93N2O6P. The maximum atomic E-state index is 12.8. The highest BCUT2D eigenvalue weighted by Gasteiger charge is 2.26. The molecule has 0 aliphatic carbocycles. The number of aliphatic hydroxyl groups excluding tert-OH is 1. The molecule has 9 heteroatoms. The Labute approximate surface area is 381 Å². The molecule has 5 N–H and O–H groups in total. The molecule has 0 saturated heterocycles. The molecule has 3 unspecified atom stereocenters. The molecular weight excluding hydrogens is 792 g/mol. The second-order valence-corrected chi connectivity index (χ2v) is 17.7. The number of nitrogens with two attached hydrogens (primary N) is 1. The van der Waals surface area contributed by atoms with E-state index >= 15 is 0 Å². The number of allylic oxidation sites excluding steroid dienone is 15. The number of unbranched alkanes of at least 4 members (excludes halogenated alkanes) is 19. The fraction of sp³-hybridized carbons (Fsp3) is 0.679. The number of aliphatic hydroxyl groups is 1. The van der Waals surface area contributed by atoms with Crippen molar-refractivity contribution in [1.29, 1.82) is 0 Å². The predicted octanol–water partition coefficient (Wildman–Crippen LogP) is 14.7. The third kappa shape index (κ3) is 45.4. The van der Waals surface area contributed by atoms with Crippen molar-refractivity contribution in [1.82, 2.24) is 5.32 Å². The van der Waals surface area contributed by atoms with E-state index in [0.717, 1.165) is 89.9 Å². The van der Waals surface area contributed by atoms with Crippen LogP contribution in [0.25, 0.3) is 0 Å². The van der Waals surface area contributed by atoms with Crippen molar-refractivity contribution in [2.45, 2.75) is 212 Å². The first-order valence-electron chi connectivity index (χ1n) is 24.9. The zero-order valence-corrected chi connectivity index (χ0v) is 40.5. The van der Waals surface area contributed by atoms with Gasteiger partial charge in [-0.3, -0.25) is 13.8 Å². The molecule has 0 heterocycles. The number of amides is 1. The fourth-order valence-corrected chi connectivity index (χ4v) is 7.44. The number of phosphoric ester groups is 1. The predicted molar refractivity (Wildman–Crippen MR) is 267 cm³/mol. The van der Waals surface area contributed by atoms with Gasteiger partial charge in [-0.2, -0.15) is 0 Å². The normalized spacial score (nSPS) is 14.7. The Morgan fingerprint density at radius 3 is 1.44 bits per heavy atom. The SMILES string of the molecule is CC/C=C\C/C=C\C/C=C\C/C=C\C/C=C\C/C=C\CCCCCCC(=O)NC(COP(=O)(O)OCCN)C(O)/C=C/CC/C=C/CCCCCCCCCCCCCCCC. The van der Waals surface area contributed by atoms with E-state index in [-0.39, 0.29) is 25.7 Å². The van der Waals surface area contributed by atoms with Gasteiger partial charge in [0.2, 0.25) is 5.91 Å². The summed E-state index contributed by atoms with van der Waals surface area (Å²) in [6.45, 7) is 3.98. The minimum absolute atomic E-state index is 0.0642. The number of nitrogens with one attached hydrogen (secondary N) is 1. The Morgan fingerprint density at radius 2 is 0.952 bits per heavy atom. The second kappa shape index (κ2) is 47.9. The van der Waals surface area contributed by atoms with Crippen molar-refractivity contribution in [2.24, 2.45) is 5.73 Å². The first-order valence-corrected chi connectivity index (χ1v) is 26.4. The molecule has 0 aliphatic rings. The van der Waals surface area contributed by atoms with Crippen LogP contribution in [0.3, 0.4) is 0 Å². The fourth-order valence-electron chi connectivity index (χ4n) is 6.68. The maximum absolute atomic E-state index is 12.8. The van der Waals surface area contributed by atoms with E-state index in [1.54, 1.807) is 6.08 Å². The molecule has 0 radical (unpaired) electrons. The third-order valence-electron chi connectivity index (χ3n) is 10.4. The van der Waals surface area contributed by atoms with Gasteiger partial charge in [0.1, 0.15) is 0 Å². The average Bonchev–Trinajstić information content (AvgIpc) is 3.26. The second-order valence-electron chi connectivity index (χ2n) is 16.3. The van der Waals surface area contributed by atoms with E-state index in [1.807, 2.05) is 6.08 Å². The Hall–Kier alpha value is -2.58. The Kier molecular flexibility index (Phi) is 45.9. The summed E-state index contributed by atoms with van der Waals surface area (Å²) in [5, 5.41) is 13.7. The molecule has 356 valence electrons. The lowest BCUT2D eigenvalue weighted by atomic mass is 10.0. The van der Waals surface area contributed by atoms with Crippen molar-refractivity contribution in [3.8, 4) is 0 Å². The van der Waals surface area contributed by atoms with Gasteiger partial charge in [-0.25, -0.2) is 4.57 Å². The lowest BCUT2D eigenvalue weighted by Crippen LogP contribution is -2.45. The van der Waals surface area contributed by atoms with Gasteiger partial charge in [-0.15, -0.1) is 0 Å². The van der Waals surface area contributed by atoms with Gasteiger partial charge in [0.05, 0.1) is 25.4 Å². The van der Waals surface area contributed by atoms with Gasteiger partial charge in [0.25, 0.3) is 0 Å². The van der Waals surface area contributed by atoms with Crippen LogP contribution in [0.1, 0.15) is 200 Å². The minimum Gasteiger partial charge on any atom is -0.387 e. The molecule has 62 heavy (non-hydrogen) atoms. The van der Waals surface area contributed by atoms with Gasteiger partial charge >= 0.3 is 7.82 Å². The van der Waals surface area contributed by atoms with Crippen LogP contribution in [-0.4, -0.2) is 47.8 Å². The van der Waals surface area contributed by atoms with Crippen LogP contribution in [-0.2, 0) is 18.4 Å². The smallest absolute Gasteiger partial charge is 0.387 e. The highest BCUT2D eigenvalue weighted by atomic mass is 31.2. The highest BCUT2D eigenvalue weighted by Crippen LogP contribution is 2.43. The van der Waals surface area contributed by atoms with Gasteiger partial charge in [-0.05, 0) is 83.5 Å². The summed E-state index contributed by atoms with van der Waals surface area (Å²) < 4.78 is 22.2. The van der Waals surface area contributed by atoms with E-state index in [0.29, 0.717) is 6.42 Å². The van der Waals surface area contributed by atoms with E-state index in [2.05, 4.69) is 104 Å². The molecule has 0 bridgehead atoms. The average molecular weight is 885 g/mol. The first-order chi connectivity index (χ1) is 30.4. The van der Waals surface area contributed by atoms with Crippen LogP contribution < -0.4 is 11.1 Å². The molecule has 1 amide bonds. The standard InChI is InChI=1S/C53H93N2O6P/c1-3-5-7-9-11-13-15-17-19-21-23-25-26-27-29-31-33-35-37-39-41-43-45-47-53(57)55-51(50-61-62(58,59)60-49-48-54)52(56)46-44-42-40-38-36-34-32-30-28-24-22-20-18-16-14-12-10-8-6-4-2/h5,7,11,13,17,19,23,25,27,29,33,35-36,38,44,46,51-52,56H,3-4,6,8-10,12,14-16,18,20-22,24,26,28,30-32,34,37,39-43,45,47-50,54H2,1-2H3,(H,55,57)(H,58,59)/b7-5-,13-11-,19-17-,25-23-,29-27-,35-33-,38-36+,46-44+. The zero-order valence-electron chi connectivity index (χ0n) is 39.6. The maximum Gasteiger partial charge on any atom is 0.472 e. The molecule has 0 fully saturated rings. The molecule has 0 rings (SSSR count). The topological polar surface area (TPSA) is 131 Å². The van der Waals surface area contributed by atoms with Crippen molar-refractivity contribution < 1.29 is 28.4 Å². The molecule has 0 spiro atoms. The Balaban J connectivity index is 4.26. The van der Waals surface area contributed by atoms with Crippen LogP contribution in [0.2, 0.25) is 0 Å². The van der Waals surface area contributed by atoms with E-state index in [1.165, 1.54) is 89.9 Å². The number of carbonyl (C=O) groups excluding carboxylic acids is 1. The largest absolute Gasteiger partial charge is 0.472 e. The van der Waals surface area contributed by atoms with Gasteiger partial charge in [0.15, 0.2) is 0 Å². The highest BCUT2D eigenvalue weighted by molar-refractivity contribution is 7.47. The monoisotopic (exact) mass is 885 g/mol. The molecule has 3 atom stereocenters. The number of carbonyl (C=O) groups is 1. The lowest BCUT2D eigenvalue weighted by molar-refractivity contribution is -0.123. The minimum atomic E-state index is -4.37. The number of rotatable bonds is 45. The molecule has 0 aromatic rings. The molecule has 0 aliphatic heterocycles. The molecule has 0 aromatic carbocycles. The molecule has 0 aromatic heterocycles. The summed E-state index contributed by atoms with van der Waals surface area (Å²) in [5.41, 5.74) is 5.38. The van der Waals surface area contributed by atoms with Crippen molar-refractivity contribution in [2.75, 3.05) is 19.8 Å². The van der Waals surface area contributed by atoms with E-state index in [9.17, 15) is 19.4 Å². The summed E-state index contributed by atoms with van der Waals surface area (Å²) >= 11 is 0. The van der Waals surface area contributed by atoms with E-state index < -0.39 is 20.0 Å². The molecule has 0 saturated carbocycles. The first kappa shape index (κ1) is 59.4. The Morgan fingerprint density at radius 1 is 0.548 bits per heavy atom. The quantitative estimate of drug-likeness (QED) is 0.0272. The third-order valence-corrected chi connectivity index (χ3v) is 11.4. The number of hydrogen-bond acceptors (Lipinski definition) is 6. The summed E-state index contributed by atoms with van der Waals surface area (Å²) in [4.78, 5) is 22.8. The van der Waals surface area contributed by atoms with Crippen LogP contribution in [0.5, 0.6) is 0 Å². The number of hydrogen-bond donors (Lipinski definition) is 4. The van der Waals surface area contributed by atoms with E-state index in [4.69, 9.17) is 14.8 Å². The van der Waals surface area contributed by atoms with Crippen LogP contribution in [0.4, 0.5) is 0 Å². The van der Waals surface area contributed by atoms with Gasteiger partial charge in [-0.1, -0.05) is 207 Å². The van der Waals surface area contributed by atoms with Gasteiger partial charge in [0, 0.05) is 13.0 Å². The van der Waals surface area contributed by atoms with Crippen LogP contribution in [0.15, 0.2) is 97.2 Å². The molecule has 8 nitrogen and oxygen atoms in total. The van der Waals surface area contributed by atoms with Crippen LogP contribution >= 0.6 is 7.82 Å².